The Hall–Kier alpha value is -2.67. The summed E-state index contributed by atoms with van der Waals surface area (Å²) in [7, 11) is -1.99. The zero-order valence-corrected chi connectivity index (χ0v) is 15.9. The highest BCUT2D eigenvalue weighted by Gasteiger charge is 2.22. The molecule has 0 aliphatic rings. The van der Waals surface area contributed by atoms with E-state index in [9.17, 15) is 13.8 Å². The van der Waals surface area contributed by atoms with Crippen molar-refractivity contribution >= 4 is 21.8 Å². The molecular formula is C19H21NO5S. The van der Waals surface area contributed by atoms with E-state index in [-0.39, 0.29) is 0 Å². The first-order valence-electron chi connectivity index (χ1n) is 7.89. The molecule has 6 nitrogen and oxygen atoms in total. The second-order valence-corrected chi connectivity index (χ2v) is 8.60. The lowest BCUT2D eigenvalue weighted by molar-refractivity contribution is 0.0593. The van der Waals surface area contributed by atoms with Gasteiger partial charge in [0, 0.05) is 0 Å². The molecule has 0 aromatic heterocycles. The smallest absolute Gasteiger partial charge is 0.442 e. The van der Waals surface area contributed by atoms with Crippen molar-refractivity contribution in [2.75, 3.05) is 7.11 Å². The lowest BCUT2D eigenvalue weighted by Gasteiger charge is -2.18. The molecule has 0 N–H and O–H groups in total. The fraction of sp³-hybridized carbons (Fsp3) is 0.263. The molecule has 2 aromatic rings. The lowest BCUT2D eigenvalue weighted by Crippen LogP contribution is -2.22. The van der Waals surface area contributed by atoms with Crippen LogP contribution in [0.5, 0.6) is 0 Å². The molecule has 26 heavy (non-hydrogen) atoms. The van der Waals surface area contributed by atoms with Gasteiger partial charge in [-0.3, -0.25) is 0 Å². The van der Waals surface area contributed by atoms with Gasteiger partial charge in [0.15, 0.2) is 0 Å². The molecular weight excluding hydrogens is 354 g/mol. The Morgan fingerprint density at radius 2 is 1.46 bits per heavy atom. The first kappa shape index (κ1) is 19.7. The van der Waals surface area contributed by atoms with Crippen LogP contribution in [0.2, 0.25) is 0 Å². The predicted molar refractivity (Wildman–Crippen MR) is 97.6 cm³/mol. The van der Waals surface area contributed by atoms with Crippen LogP contribution in [-0.4, -0.2) is 29.0 Å². The maximum Gasteiger partial charge on any atom is 0.442 e. The van der Waals surface area contributed by atoms with Crippen molar-refractivity contribution in [2.24, 2.45) is 4.36 Å². The molecule has 2 rings (SSSR count). The largest absolute Gasteiger partial charge is 0.465 e. The van der Waals surface area contributed by atoms with Crippen LogP contribution in [0.3, 0.4) is 0 Å². The van der Waals surface area contributed by atoms with Crippen molar-refractivity contribution in [1.29, 1.82) is 0 Å². The normalized spacial score (nSPS) is 13.4. The quantitative estimate of drug-likeness (QED) is 0.747. The van der Waals surface area contributed by atoms with Gasteiger partial charge in [-0.15, -0.1) is 4.36 Å². The minimum atomic E-state index is -3.27. The minimum Gasteiger partial charge on any atom is -0.465 e. The molecule has 1 amide bonds. The number of amides is 1. The van der Waals surface area contributed by atoms with Gasteiger partial charge in [-0.2, -0.15) is 0 Å². The van der Waals surface area contributed by atoms with Crippen LogP contribution >= 0.6 is 0 Å². The summed E-state index contributed by atoms with van der Waals surface area (Å²) in [5, 5.41) is 0. The molecule has 1 atom stereocenters. The van der Waals surface area contributed by atoms with Crippen molar-refractivity contribution in [1.82, 2.24) is 0 Å². The first-order valence-corrected chi connectivity index (χ1v) is 9.41. The number of rotatable bonds is 3. The lowest BCUT2D eigenvalue weighted by atomic mass is 10.2. The van der Waals surface area contributed by atoms with Gasteiger partial charge in [-0.25, -0.2) is 13.8 Å². The van der Waals surface area contributed by atoms with E-state index < -0.39 is 27.4 Å². The molecule has 0 aliphatic heterocycles. The SMILES string of the molecule is COC(=O)c1ccc(S(=O)(=NC(=O)OC(C)(C)C)c2ccccc2)cc1. The summed E-state index contributed by atoms with van der Waals surface area (Å²) in [6.45, 7) is 5.11. The van der Waals surface area contributed by atoms with E-state index in [1.807, 2.05) is 0 Å². The van der Waals surface area contributed by atoms with Crippen molar-refractivity contribution in [3.8, 4) is 0 Å². The predicted octanol–water partition coefficient (Wildman–Crippen LogP) is 4.29. The average molecular weight is 375 g/mol. The molecule has 0 saturated heterocycles. The Balaban J connectivity index is 2.57. The van der Waals surface area contributed by atoms with Gasteiger partial charge in [-0.1, -0.05) is 18.2 Å². The third-order valence-electron chi connectivity index (χ3n) is 3.25. The van der Waals surface area contributed by atoms with Gasteiger partial charge in [-0.05, 0) is 57.2 Å². The Bertz CT molecular complexity index is 905. The van der Waals surface area contributed by atoms with Crippen LogP contribution in [0.1, 0.15) is 31.1 Å². The molecule has 0 radical (unpaired) electrons. The molecule has 7 heteroatoms. The van der Waals surface area contributed by atoms with Gasteiger partial charge in [0.25, 0.3) is 0 Å². The second-order valence-electron chi connectivity index (χ2n) is 6.43. The van der Waals surface area contributed by atoms with Crippen LogP contribution in [0, 0.1) is 0 Å². The number of hydrogen-bond acceptors (Lipinski definition) is 5. The Kier molecular flexibility index (Phi) is 5.82. The van der Waals surface area contributed by atoms with E-state index in [4.69, 9.17) is 4.74 Å². The zero-order chi connectivity index (χ0) is 19.4. The van der Waals surface area contributed by atoms with Crippen molar-refractivity contribution in [3.63, 3.8) is 0 Å². The van der Waals surface area contributed by atoms with E-state index in [1.54, 1.807) is 51.1 Å². The average Bonchev–Trinajstić information content (AvgIpc) is 2.60. The van der Waals surface area contributed by atoms with E-state index in [0.29, 0.717) is 15.4 Å². The van der Waals surface area contributed by atoms with Crippen molar-refractivity contribution in [3.05, 3.63) is 60.2 Å². The van der Waals surface area contributed by atoms with Crippen LogP contribution in [0.4, 0.5) is 4.79 Å². The number of carbonyl (C=O) groups is 2. The number of hydrogen-bond donors (Lipinski definition) is 0. The summed E-state index contributed by atoms with van der Waals surface area (Å²) in [6.07, 6.45) is -0.914. The summed E-state index contributed by atoms with van der Waals surface area (Å²) in [6, 6.07) is 14.4. The van der Waals surface area contributed by atoms with Crippen LogP contribution in [-0.2, 0) is 19.2 Å². The number of carbonyl (C=O) groups excluding carboxylic acids is 2. The third kappa shape index (κ3) is 4.70. The van der Waals surface area contributed by atoms with Gasteiger partial charge in [0.2, 0.25) is 0 Å². The Morgan fingerprint density at radius 1 is 0.923 bits per heavy atom. The van der Waals surface area contributed by atoms with E-state index in [1.165, 1.54) is 31.4 Å². The van der Waals surface area contributed by atoms with Crippen LogP contribution in [0.15, 0.2) is 68.8 Å². The van der Waals surface area contributed by atoms with Gasteiger partial charge in [0.05, 0.1) is 22.5 Å². The van der Waals surface area contributed by atoms with Crippen molar-refractivity contribution < 1.29 is 23.3 Å². The maximum atomic E-state index is 13.7. The Morgan fingerprint density at radius 3 is 1.96 bits per heavy atom. The van der Waals surface area contributed by atoms with Gasteiger partial charge < -0.3 is 9.47 Å². The van der Waals surface area contributed by atoms with Crippen LogP contribution in [0.25, 0.3) is 0 Å². The Labute approximate surface area is 153 Å². The van der Waals surface area contributed by atoms with Gasteiger partial charge >= 0.3 is 12.1 Å². The molecule has 0 saturated carbocycles. The third-order valence-corrected chi connectivity index (χ3v) is 5.48. The number of methoxy groups -OCH3 is 1. The summed E-state index contributed by atoms with van der Waals surface area (Å²) in [4.78, 5) is 24.5. The van der Waals surface area contributed by atoms with E-state index in [0.717, 1.165) is 0 Å². The highest BCUT2D eigenvalue weighted by molar-refractivity contribution is 7.94. The molecule has 0 spiro atoms. The second kappa shape index (κ2) is 7.70. The number of benzene rings is 2. The number of ether oxygens (including phenoxy) is 2. The van der Waals surface area contributed by atoms with Crippen LogP contribution < -0.4 is 0 Å². The number of esters is 1. The molecule has 0 heterocycles. The molecule has 0 bridgehead atoms. The molecule has 2 aromatic carbocycles. The van der Waals surface area contributed by atoms with E-state index in [2.05, 4.69) is 9.10 Å². The number of nitrogens with zero attached hydrogens (tertiary/aromatic N) is 1. The molecule has 0 fully saturated rings. The zero-order valence-electron chi connectivity index (χ0n) is 15.1. The first-order chi connectivity index (χ1) is 12.2. The summed E-state index contributed by atoms with van der Waals surface area (Å²) < 4.78 is 27.4. The highest BCUT2D eigenvalue weighted by atomic mass is 32.2. The fourth-order valence-corrected chi connectivity index (χ4v) is 3.89. The van der Waals surface area contributed by atoms with Crippen molar-refractivity contribution in [2.45, 2.75) is 36.2 Å². The maximum absolute atomic E-state index is 13.7. The summed E-state index contributed by atoms with van der Waals surface area (Å²) >= 11 is 0. The minimum absolute atomic E-state index is 0.294. The molecule has 1 unspecified atom stereocenters. The molecule has 0 aliphatic carbocycles. The fourth-order valence-electron chi connectivity index (χ4n) is 2.13. The standard InChI is InChI=1S/C19H21NO5S/c1-19(2,3)25-18(22)20-26(23,15-8-6-5-7-9-15)16-12-10-14(11-13-16)17(21)24-4/h5-13H,1-4H3. The van der Waals surface area contributed by atoms with Gasteiger partial charge in [0.1, 0.15) is 15.3 Å². The highest BCUT2D eigenvalue weighted by Crippen LogP contribution is 2.25. The topological polar surface area (TPSA) is 82.0 Å². The summed E-state index contributed by atoms with van der Waals surface area (Å²) in [5.41, 5.74) is -0.449. The summed E-state index contributed by atoms with van der Waals surface area (Å²) in [5.74, 6) is -0.508. The molecule has 138 valence electrons. The monoisotopic (exact) mass is 375 g/mol. The van der Waals surface area contributed by atoms with E-state index >= 15 is 0 Å².